The van der Waals surface area contributed by atoms with Crippen LogP contribution in [0, 0.1) is 0 Å². The van der Waals surface area contributed by atoms with E-state index in [1.165, 1.54) is 15.6 Å². The van der Waals surface area contributed by atoms with Crippen molar-refractivity contribution in [2.45, 2.75) is 50.8 Å². The largest absolute Gasteiger partial charge is 0.370 e. The van der Waals surface area contributed by atoms with Gasteiger partial charge >= 0.3 is 0 Å². The minimum Gasteiger partial charge on any atom is -0.370 e. The van der Waals surface area contributed by atoms with Gasteiger partial charge in [0.25, 0.3) is 10.0 Å². The predicted octanol–water partition coefficient (Wildman–Crippen LogP) is 2.02. The number of hydrogen-bond acceptors (Lipinski definition) is 4. The molecule has 0 unspecified atom stereocenters. The fourth-order valence-corrected chi connectivity index (χ4v) is 4.99. The Kier molecular flexibility index (Phi) is 7.03. The number of sulfonamides is 1. The van der Waals surface area contributed by atoms with Crippen LogP contribution in [0.25, 0.3) is 0 Å². The molecule has 0 saturated heterocycles. The molecule has 8 heteroatoms. The zero-order chi connectivity index (χ0) is 17.7. The maximum atomic E-state index is 12.4. The summed E-state index contributed by atoms with van der Waals surface area (Å²) >= 11 is 1.30. The summed E-state index contributed by atoms with van der Waals surface area (Å²) in [6.45, 7) is 11.2. The zero-order valence-electron chi connectivity index (χ0n) is 14.6. The number of nitrogens with zero attached hydrogens (tertiary/aromatic N) is 2. The van der Waals surface area contributed by atoms with E-state index in [0.29, 0.717) is 36.2 Å². The molecule has 0 aliphatic rings. The Bertz CT molecular complexity index is 626. The van der Waals surface area contributed by atoms with Crippen molar-refractivity contribution in [3.05, 3.63) is 17.0 Å². The van der Waals surface area contributed by atoms with E-state index in [1.54, 1.807) is 6.07 Å². The first-order chi connectivity index (χ1) is 10.6. The van der Waals surface area contributed by atoms with Gasteiger partial charge in [0.05, 0.1) is 0 Å². The van der Waals surface area contributed by atoms with E-state index in [2.05, 4.69) is 10.3 Å². The van der Waals surface area contributed by atoms with E-state index in [4.69, 9.17) is 5.73 Å². The Hall–Kier alpha value is -1.12. The molecule has 0 saturated carbocycles. The van der Waals surface area contributed by atoms with Gasteiger partial charge < -0.3 is 11.1 Å². The highest BCUT2D eigenvalue weighted by atomic mass is 32.2. The van der Waals surface area contributed by atoms with E-state index in [1.807, 2.05) is 40.7 Å². The first kappa shape index (κ1) is 19.9. The fourth-order valence-electron chi connectivity index (χ4n) is 2.03. The Balaban J connectivity index is 2.70. The molecule has 0 bridgehead atoms. The van der Waals surface area contributed by atoms with Crippen molar-refractivity contribution < 1.29 is 8.42 Å². The molecule has 0 aromatic carbocycles. The summed E-state index contributed by atoms with van der Waals surface area (Å²) in [6.07, 6.45) is 0.672. The minimum atomic E-state index is -3.37. The molecule has 0 spiro atoms. The van der Waals surface area contributed by atoms with Gasteiger partial charge in [0, 0.05) is 36.5 Å². The number of rotatable bonds is 7. The van der Waals surface area contributed by atoms with Crippen LogP contribution in [0.5, 0.6) is 0 Å². The zero-order valence-corrected chi connectivity index (χ0v) is 16.2. The van der Waals surface area contributed by atoms with Crippen LogP contribution in [0.15, 0.2) is 21.3 Å². The molecule has 1 heterocycles. The van der Waals surface area contributed by atoms with E-state index in [-0.39, 0.29) is 5.54 Å². The quantitative estimate of drug-likeness (QED) is 0.575. The first-order valence-electron chi connectivity index (χ1n) is 7.77. The second kappa shape index (κ2) is 8.12. The standard InChI is InChI=1S/C15H28N4O2S2/c1-6-19(7-2)23(20,21)13-9-8-12(22-13)10-11-17-14(16)18-15(3,4)5/h8-9H,6-7,10-11H2,1-5H3,(H3,16,17,18). The topological polar surface area (TPSA) is 87.8 Å². The third kappa shape index (κ3) is 6.12. The summed E-state index contributed by atoms with van der Waals surface area (Å²) in [5.41, 5.74) is 5.69. The third-order valence-electron chi connectivity index (χ3n) is 3.08. The summed E-state index contributed by atoms with van der Waals surface area (Å²) < 4.78 is 26.7. The van der Waals surface area contributed by atoms with Gasteiger partial charge in [-0.05, 0) is 32.9 Å². The Morgan fingerprint density at radius 1 is 1.30 bits per heavy atom. The summed E-state index contributed by atoms with van der Waals surface area (Å²) in [5, 5.41) is 3.09. The van der Waals surface area contributed by atoms with Crippen molar-refractivity contribution in [1.82, 2.24) is 9.62 Å². The molecule has 1 aromatic heterocycles. The lowest BCUT2D eigenvalue weighted by Gasteiger charge is -2.20. The molecule has 1 rings (SSSR count). The Morgan fingerprint density at radius 3 is 2.43 bits per heavy atom. The van der Waals surface area contributed by atoms with Gasteiger partial charge in [-0.2, -0.15) is 4.31 Å². The highest BCUT2D eigenvalue weighted by Crippen LogP contribution is 2.25. The van der Waals surface area contributed by atoms with Gasteiger partial charge in [0.2, 0.25) is 0 Å². The van der Waals surface area contributed by atoms with Crippen molar-refractivity contribution in [2.75, 3.05) is 19.6 Å². The van der Waals surface area contributed by atoms with Gasteiger partial charge in [-0.1, -0.05) is 13.8 Å². The first-order valence-corrected chi connectivity index (χ1v) is 10.0. The van der Waals surface area contributed by atoms with Crippen molar-refractivity contribution in [1.29, 1.82) is 0 Å². The van der Waals surface area contributed by atoms with Crippen molar-refractivity contribution in [3.8, 4) is 0 Å². The molecular weight excluding hydrogens is 332 g/mol. The maximum absolute atomic E-state index is 12.4. The molecule has 0 aliphatic carbocycles. The van der Waals surface area contributed by atoms with E-state index >= 15 is 0 Å². The average molecular weight is 361 g/mol. The van der Waals surface area contributed by atoms with Crippen LogP contribution in [0.2, 0.25) is 0 Å². The summed E-state index contributed by atoms with van der Waals surface area (Å²) in [7, 11) is -3.37. The van der Waals surface area contributed by atoms with E-state index in [9.17, 15) is 8.42 Å². The van der Waals surface area contributed by atoms with Gasteiger partial charge in [0.15, 0.2) is 5.96 Å². The molecule has 0 aliphatic heterocycles. The molecule has 0 fully saturated rings. The molecular formula is C15H28N4O2S2. The number of nitrogens with two attached hydrogens (primary N) is 1. The van der Waals surface area contributed by atoms with Gasteiger partial charge in [0.1, 0.15) is 4.21 Å². The smallest absolute Gasteiger partial charge is 0.252 e. The lowest BCUT2D eigenvalue weighted by molar-refractivity contribution is 0.447. The second-order valence-electron chi connectivity index (χ2n) is 6.20. The van der Waals surface area contributed by atoms with Crippen LogP contribution >= 0.6 is 11.3 Å². The monoisotopic (exact) mass is 360 g/mol. The summed E-state index contributed by atoms with van der Waals surface area (Å²) in [5.74, 6) is 0.407. The number of aliphatic imine (C=N–C) groups is 1. The molecule has 1 aromatic rings. The lowest BCUT2D eigenvalue weighted by Crippen LogP contribution is -2.45. The van der Waals surface area contributed by atoms with E-state index < -0.39 is 10.0 Å². The lowest BCUT2D eigenvalue weighted by atomic mass is 10.1. The van der Waals surface area contributed by atoms with Crippen LogP contribution in [-0.4, -0.2) is 43.9 Å². The van der Waals surface area contributed by atoms with Crippen molar-refractivity contribution in [2.24, 2.45) is 10.7 Å². The number of nitrogens with one attached hydrogen (secondary N) is 1. The fraction of sp³-hybridized carbons (Fsp3) is 0.667. The highest BCUT2D eigenvalue weighted by molar-refractivity contribution is 7.91. The molecule has 0 atom stereocenters. The van der Waals surface area contributed by atoms with Crippen LogP contribution in [0.4, 0.5) is 0 Å². The SMILES string of the molecule is CCN(CC)S(=O)(=O)c1ccc(CCN=C(N)NC(C)(C)C)s1. The number of thiophene rings is 1. The van der Waals surface area contributed by atoms with Gasteiger partial charge in [-0.15, -0.1) is 11.3 Å². The molecule has 23 heavy (non-hydrogen) atoms. The molecule has 0 radical (unpaired) electrons. The summed E-state index contributed by atoms with van der Waals surface area (Å²) in [4.78, 5) is 5.26. The van der Waals surface area contributed by atoms with Crippen LogP contribution in [0.1, 0.15) is 39.5 Å². The predicted molar refractivity (Wildman–Crippen MR) is 97.5 cm³/mol. The third-order valence-corrected chi connectivity index (χ3v) is 6.74. The van der Waals surface area contributed by atoms with E-state index in [0.717, 1.165) is 4.88 Å². The average Bonchev–Trinajstić information content (AvgIpc) is 2.87. The second-order valence-corrected chi connectivity index (χ2v) is 9.54. The molecule has 132 valence electrons. The maximum Gasteiger partial charge on any atom is 0.252 e. The molecule has 0 amide bonds. The number of guanidine groups is 1. The number of hydrogen-bond donors (Lipinski definition) is 2. The Labute approximate surface area is 143 Å². The van der Waals surface area contributed by atoms with Gasteiger partial charge in [-0.25, -0.2) is 8.42 Å². The molecule has 3 N–H and O–H groups in total. The van der Waals surface area contributed by atoms with Crippen molar-refractivity contribution >= 4 is 27.3 Å². The highest BCUT2D eigenvalue weighted by Gasteiger charge is 2.23. The minimum absolute atomic E-state index is 0.123. The molecule has 6 nitrogen and oxygen atoms in total. The van der Waals surface area contributed by atoms with Gasteiger partial charge in [-0.3, -0.25) is 4.99 Å². The van der Waals surface area contributed by atoms with Crippen LogP contribution < -0.4 is 11.1 Å². The van der Waals surface area contributed by atoms with Crippen LogP contribution in [0.3, 0.4) is 0 Å². The Morgan fingerprint density at radius 2 is 1.91 bits per heavy atom. The van der Waals surface area contributed by atoms with Crippen LogP contribution in [-0.2, 0) is 16.4 Å². The summed E-state index contributed by atoms with van der Waals surface area (Å²) in [6, 6.07) is 3.53. The van der Waals surface area contributed by atoms with Crippen molar-refractivity contribution in [3.63, 3.8) is 0 Å². The normalized spacial score (nSPS) is 13.6.